The number of aliphatic hydroxyl groups is 1. The van der Waals surface area contributed by atoms with Crippen LogP contribution in [0.1, 0.15) is 71.6 Å². The van der Waals surface area contributed by atoms with Crippen molar-refractivity contribution in [1.29, 1.82) is 0 Å². The summed E-state index contributed by atoms with van der Waals surface area (Å²) >= 11 is 0. The molecule has 2 fully saturated rings. The van der Waals surface area contributed by atoms with Crippen LogP contribution in [-0.2, 0) is 4.74 Å². The van der Waals surface area contributed by atoms with Gasteiger partial charge in [0.25, 0.3) is 0 Å². The van der Waals surface area contributed by atoms with Crippen LogP contribution in [-0.4, -0.2) is 30.1 Å². The number of aliphatic hydroxyl groups excluding tert-OH is 1. The minimum atomic E-state index is -1.61. The molecule has 4 unspecified atom stereocenters. The molecule has 0 aromatic heterocycles. The van der Waals surface area contributed by atoms with Crippen molar-refractivity contribution in [2.45, 2.75) is 90.0 Å². The van der Waals surface area contributed by atoms with Crippen molar-refractivity contribution in [3.05, 3.63) is 46.9 Å². The summed E-state index contributed by atoms with van der Waals surface area (Å²) in [5.41, 5.74) is 0.587. The Morgan fingerprint density at radius 3 is 2.36 bits per heavy atom. The minimum absolute atomic E-state index is 0.0265. The average molecular weight is 507 g/mol. The van der Waals surface area contributed by atoms with Crippen molar-refractivity contribution in [3.63, 3.8) is 0 Å². The van der Waals surface area contributed by atoms with Crippen LogP contribution in [0.25, 0.3) is 0 Å². The molecule has 4 aliphatic rings. The molecular formula is C30H38F4O2. The van der Waals surface area contributed by atoms with Gasteiger partial charge in [-0.05, 0) is 95.0 Å². The van der Waals surface area contributed by atoms with Gasteiger partial charge >= 0.3 is 0 Å². The molecule has 4 aliphatic carbocycles. The molecule has 0 heterocycles. The molecule has 0 amide bonds. The highest BCUT2D eigenvalue weighted by Gasteiger charge is 2.38. The summed E-state index contributed by atoms with van der Waals surface area (Å²) in [7, 11) is 0. The Kier molecular flexibility index (Phi) is 9.17. The van der Waals surface area contributed by atoms with Gasteiger partial charge in [0.2, 0.25) is 0 Å². The summed E-state index contributed by atoms with van der Waals surface area (Å²) < 4.78 is 64.1. The molecule has 6 heteroatoms. The lowest BCUT2D eigenvalue weighted by molar-refractivity contribution is 0.0702. The smallest absolute Gasteiger partial charge is 0.172 e. The van der Waals surface area contributed by atoms with E-state index in [9.17, 15) is 13.9 Å². The van der Waals surface area contributed by atoms with Crippen LogP contribution in [0.3, 0.4) is 0 Å². The highest BCUT2D eigenvalue weighted by atomic mass is 19.2. The van der Waals surface area contributed by atoms with Crippen LogP contribution >= 0.6 is 0 Å². The third kappa shape index (κ3) is 6.00. The third-order valence-electron chi connectivity index (χ3n) is 8.61. The summed E-state index contributed by atoms with van der Waals surface area (Å²) in [6.45, 7) is 3.85. The lowest BCUT2D eigenvalue weighted by Crippen LogP contribution is -2.31. The molecule has 4 rings (SSSR count). The Labute approximate surface area is 212 Å². The van der Waals surface area contributed by atoms with Gasteiger partial charge in [0.1, 0.15) is 11.9 Å². The van der Waals surface area contributed by atoms with Crippen molar-refractivity contribution in [3.8, 4) is 11.8 Å². The zero-order valence-electron chi connectivity index (χ0n) is 21.3. The number of ether oxygens (including phenoxy) is 1. The molecule has 0 spiro atoms. The Morgan fingerprint density at radius 1 is 1.03 bits per heavy atom. The first-order valence-electron chi connectivity index (χ1n) is 13.6. The van der Waals surface area contributed by atoms with Crippen molar-refractivity contribution in [2.24, 2.45) is 29.6 Å². The number of halogens is 4. The first kappa shape index (κ1) is 27.2. The summed E-state index contributed by atoms with van der Waals surface area (Å²) in [6.07, 6.45) is 8.87. The largest absolute Gasteiger partial charge is 0.393 e. The Morgan fingerprint density at radius 2 is 1.72 bits per heavy atom. The quantitative estimate of drug-likeness (QED) is 0.307. The van der Waals surface area contributed by atoms with Crippen LogP contribution in [0.15, 0.2) is 46.9 Å². The molecule has 0 radical (unpaired) electrons. The van der Waals surface area contributed by atoms with Crippen molar-refractivity contribution in [1.82, 2.24) is 0 Å². The van der Waals surface area contributed by atoms with Gasteiger partial charge in [0, 0.05) is 18.4 Å². The molecule has 36 heavy (non-hydrogen) atoms. The van der Waals surface area contributed by atoms with Gasteiger partial charge in [-0.1, -0.05) is 30.1 Å². The number of rotatable bonds is 5. The second-order valence-electron chi connectivity index (χ2n) is 10.8. The molecule has 0 aromatic rings. The molecule has 198 valence electrons. The summed E-state index contributed by atoms with van der Waals surface area (Å²) in [5, 5.41) is 9.81. The van der Waals surface area contributed by atoms with E-state index in [1.165, 1.54) is 0 Å². The fourth-order valence-electron chi connectivity index (χ4n) is 6.32. The monoisotopic (exact) mass is 506 g/mol. The van der Waals surface area contributed by atoms with E-state index in [2.05, 4.69) is 11.8 Å². The highest BCUT2D eigenvalue weighted by molar-refractivity contribution is 5.46. The van der Waals surface area contributed by atoms with E-state index in [0.29, 0.717) is 12.2 Å². The van der Waals surface area contributed by atoms with Gasteiger partial charge in [-0.25, -0.2) is 17.6 Å². The predicted octanol–water partition coefficient (Wildman–Crippen LogP) is 7.62. The van der Waals surface area contributed by atoms with Gasteiger partial charge in [-0.3, -0.25) is 0 Å². The first-order chi connectivity index (χ1) is 17.3. The second kappa shape index (κ2) is 12.1. The van der Waals surface area contributed by atoms with Gasteiger partial charge in [-0.15, -0.1) is 0 Å². The number of hydrogen-bond acceptors (Lipinski definition) is 2. The molecule has 2 saturated carbocycles. The summed E-state index contributed by atoms with van der Waals surface area (Å²) in [4.78, 5) is 0. The number of hydrogen-bond donors (Lipinski definition) is 1. The van der Waals surface area contributed by atoms with Crippen molar-refractivity contribution in [2.75, 3.05) is 6.61 Å². The Bertz CT molecular complexity index is 967. The lowest BCUT2D eigenvalue weighted by atomic mass is 9.70. The highest BCUT2D eigenvalue weighted by Crippen LogP contribution is 2.44. The van der Waals surface area contributed by atoms with Gasteiger partial charge in [0.05, 0.1) is 11.7 Å². The zero-order valence-corrected chi connectivity index (χ0v) is 21.3. The predicted molar refractivity (Wildman–Crippen MR) is 133 cm³/mol. The van der Waals surface area contributed by atoms with Crippen molar-refractivity contribution < 1.29 is 27.4 Å². The second-order valence-corrected chi connectivity index (χ2v) is 10.8. The first-order valence-corrected chi connectivity index (χ1v) is 13.6. The summed E-state index contributed by atoms with van der Waals surface area (Å²) in [5.74, 6) is 3.33. The van der Waals surface area contributed by atoms with Gasteiger partial charge in [-0.2, -0.15) is 0 Å². The van der Waals surface area contributed by atoms with E-state index in [0.717, 1.165) is 51.4 Å². The molecule has 2 nitrogen and oxygen atoms in total. The molecule has 0 aromatic carbocycles. The van der Waals surface area contributed by atoms with E-state index in [4.69, 9.17) is 4.74 Å². The maximum Gasteiger partial charge on any atom is 0.172 e. The van der Waals surface area contributed by atoms with Crippen LogP contribution in [0.5, 0.6) is 0 Å². The maximum atomic E-state index is 15.2. The Balaban J connectivity index is 1.31. The fraction of sp³-hybridized carbons (Fsp3) is 0.667. The van der Waals surface area contributed by atoms with Crippen molar-refractivity contribution >= 4 is 0 Å². The SMILES string of the molecule is CCOC1CC=C(C#CC2CCC(C3C=CC(C4CCC(C(C)O)CC4)=C(F)C3F)CC2)C(F)=C1F. The normalized spacial score (nSPS) is 36.3. The lowest BCUT2D eigenvalue weighted by Gasteiger charge is -2.36. The zero-order chi connectivity index (χ0) is 25.8. The average Bonchev–Trinajstić information content (AvgIpc) is 2.88. The molecule has 0 bridgehead atoms. The fourth-order valence-corrected chi connectivity index (χ4v) is 6.32. The van der Waals surface area contributed by atoms with Crippen LogP contribution in [0.2, 0.25) is 0 Å². The molecule has 4 atom stereocenters. The van der Waals surface area contributed by atoms with Gasteiger partial charge in [0.15, 0.2) is 17.8 Å². The summed E-state index contributed by atoms with van der Waals surface area (Å²) in [6, 6.07) is 0. The van der Waals surface area contributed by atoms with Crippen LogP contribution < -0.4 is 0 Å². The van der Waals surface area contributed by atoms with Crippen LogP contribution in [0, 0.1) is 41.4 Å². The number of allylic oxidation sites excluding steroid dienone is 6. The van der Waals surface area contributed by atoms with E-state index in [1.807, 2.05) is 12.2 Å². The minimum Gasteiger partial charge on any atom is -0.393 e. The topological polar surface area (TPSA) is 29.5 Å². The molecule has 0 aliphatic heterocycles. The molecular weight excluding hydrogens is 468 g/mol. The number of alkyl halides is 1. The van der Waals surface area contributed by atoms with E-state index in [-0.39, 0.29) is 41.8 Å². The van der Waals surface area contributed by atoms with E-state index < -0.39 is 35.7 Å². The van der Waals surface area contributed by atoms with Crippen LogP contribution in [0.4, 0.5) is 17.6 Å². The standard InChI is InChI=1S/C30H38F4O2/c1-3-36-26-17-14-23(27(31)30(26)34)9-6-19-4-7-21(8-5-19)24-15-16-25(29(33)28(24)32)22-12-10-20(11-13-22)18(2)35/h14-16,18-22,24,26,28,35H,3-5,7-8,10-13,17H2,1-2H3. The van der Waals surface area contributed by atoms with E-state index in [1.54, 1.807) is 19.9 Å². The van der Waals surface area contributed by atoms with E-state index >= 15 is 8.78 Å². The molecule has 0 saturated heterocycles. The molecule has 1 N–H and O–H groups in total. The van der Waals surface area contributed by atoms with Gasteiger partial charge < -0.3 is 9.84 Å². The maximum absolute atomic E-state index is 15.2. The Hall–Kier alpha value is -1.84. The third-order valence-corrected chi connectivity index (χ3v) is 8.61.